The van der Waals surface area contributed by atoms with E-state index in [1.165, 1.54) is 5.56 Å². The van der Waals surface area contributed by atoms with E-state index in [2.05, 4.69) is 42.0 Å². The molecule has 2 heterocycles. The Hall–Kier alpha value is -2.16. The molecule has 3 rings (SSSR count). The van der Waals surface area contributed by atoms with E-state index in [1.54, 1.807) is 0 Å². The molecule has 2 aromatic heterocycles. The van der Waals surface area contributed by atoms with Crippen LogP contribution in [0.25, 0.3) is 16.9 Å². The second kappa shape index (κ2) is 4.26. The van der Waals surface area contributed by atoms with Crippen LogP contribution in [0.2, 0.25) is 0 Å². The van der Waals surface area contributed by atoms with Gasteiger partial charge in [0.05, 0.1) is 11.0 Å². The molecule has 3 heteroatoms. The van der Waals surface area contributed by atoms with Gasteiger partial charge in [0.25, 0.3) is 0 Å². The number of aromatic nitrogens is 3. The maximum absolute atomic E-state index is 4.67. The Bertz CT molecular complexity index is 698. The summed E-state index contributed by atoms with van der Waals surface area (Å²) in [5.74, 6) is 0.945. The van der Waals surface area contributed by atoms with E-state index < -0.39 is 0 Å². The van der Waals surface area contributed by atoms with E-state index in [1.807, 2.05) is 29.1 Å². The van der Waals surface area contributed by atoms with E-state index in [9.17, 15) is 0 Å². The minimum Gasteiger partial charge on any atom is -0.283 e. The van der Waals surface area contributed by atoms with Gasteiger partial charge in [0.15, 0.2) is 0 Å². The zero-order valence-electron chi connectivity index (χ0n) is 10.6. The molecular formula is C15H15N3. The number of para-hydroxylation sites is 2. The van der Waals surface area contributed by atoms with E-state index in [0.717, 1.165) is 29.0 Å². The Morgan fingerprint density at radius 1 is 1.17 bits per heavy atom. The van der Waals surface area contributed by atoms with Crippen molar-refractivity contribution in [1.82, 2.24) is 14.5 Å². The molecule has 0 fully saturated rings. The number of benzene rings is 1. The quantitative estimate of drug-likeness (QED) is 0.684. The van der Waals surface area contributed by atoms with Crippen LogP contribution in [0.5, 0.6) is 0 Å². The number of fused-ring (bicyclic) bond motifs is 1. The maximum atomic E-state index is 4.67. The van der Waals surface area contributed by atoms with Crippen molar-refractivity contribution in [3.8, 4) is 5.82 Å². The number of hydrogen-bond donors (Lipinski definition) is 0. The summed E-state index contributed by atoms with van der Waals surface area (Å²) in [5, 5.41) is 0. The molecule has 0 aliphatic rings. The Labute approximate surface area is 106 Å². The molecule has 18 heavy (non-hydrogen) atoms. The first kappa shape index (κ1) is 11.0. The van der Waals surface area contributed by atoms with Crippen LogP contribution in [0, 0.1) is 6.92 Å². The fourth-order valence-corrected chi connectivity index (χ4v) is 2.17. The number of hydrogen-bond acceptors (Lipinski definition) is 2. The van der Waals surface area contributed by atoms with E-state index in [4.69, 9.17) is 0 Å². The van der Waals surface area contributed by atoms with Crippen LogP contribution >= 0.6 is 0 Å². The minimum absolute atomic E-state index is 0.945. The molecule has 0 amide bonds. The molecule has 0 atom stereocenters. The van der Waals surface area contributed by atoms with Crippen LogP contribution in [0.15, 0.2) is 42.7 Å². The standard InChI is InChI=1S/C15H15N3/c1-3-12-8-11(2)9-15(17-12)18-10-16-13-6-4-5-7-14(13)18/h4-10H,3H2,1-2H3. The highest BCUT2D eigenvalue weighted by atomic mass is 15.1. The zero-order valence-corrected chi connectivity index (χ0v) is 10.6. The van der Waals surface area contributed by atoms with E-state index in [-0.39, 0.29) is 0 Å². The van der Waals surface area contributed by atoms with Crippen molar-refractivity contribution < 1.29 is 0 Å². The van der Waals surface area contributed by atoms with Crippen LogP contribution < -0.4 is 0 Å². The predicted octanol–water partition coefficient (Wildman–Crippen LogP) is 3.29. The van der Waals surface area contributed by atoms with Gasteiger partial charge in [0, 0.05) is 5.69 Å². The monoisotopic (exact) mass is 237 g/mol. The molecular weight excluding hydrogens is 222 g/mol. The summed E-state index contributed by atoms with van der Waals surface area (Å²) in [6.45, 7) is 4.22. The lowest BCUT2D eigenvalue weighted by atomic mass is 10.2. The number of pyridine rings is 1. The summed E-state index contributed by atoms with van der Waals surface area (Å²) < 4.78 is 2.04. The van der Waals surface area contributed by atoms with Gasteiger partial charge in [-0.2, -0.15) is 0 Å². The summed E-state index contributed by atoms with van der Waals surface area (Å²) in [5.41, 5.74) is 4.44. The van der Waals surface area contributed by atoms with Gasteiger partial charge in [-0.05, 0) is 43.2 Å². The molecule has 0 saturated carbocycles. The van der Waals surface area contributed by atoms with Crippen molar-refractivity contribution in [2.45, 2.75) is 20.3 Å². The lowest BCUT2D eigenvalue weighted by Crippen LogP contribution is -1.99. The number of imidazole rings is 1. The Morgan fingerprint density at radius 2 is 2.00 bits per heavy atom. The third-order valence-corrected chi connectivity index (χ3v) is 3.07. The fourth-order valence-electron chi connectivity index (χ4n) is 2.17. The largest absolute Gasteiger partial charge is 0.283 e. The second-order valence-corrected chi connectivity index (χ2v) is 4.45. The van der Waals surface area contributed by atoms with Gasteiger partial charge in [0.2, 0.25) is 0 Å². The first-order valence-electron chi connectivity index (χ1n) is 6.18. The molecule has 0 bridgehead atoms. The number of rotatable bonds is 2. The molecule has 90 valence electrons. The van der Waals surface area contributed by atoms with Gasteiger partial charge in [-0.15, -0.1) is 0 Å². The Balaban J connectivity index is 2.22. The summed E-state index contributed by atoms with van der Waals surface area (Å²) in [4.78, 5) is 9.07. The molecule has 0 unspecified atom stereocenters. The van der Waals surface area contributed by atoms with Crippen molar-refractivity contribution in [2.75, 3.05) is 0 Å². The predicted molar refractivity (Wildman–Crippen MR) is 73.0 cm³/mol. The fraction of sp³-hybridized carbons (Fsp3) is 0.200. The van der Waals surface area contributed by atoms with Crippen LogP contribution in [-0.4, -0.2) is 14.5 Å². The highest BCUT2D eigenvalue weighted by Gasteiger charge is 2.06. The lowest BCUT2D eigenvalue weighted by Gasteiger charge is -2.07. The first-order valence-corrected chi connectivity index (χ1v) is 6.18. The SMILES string of the molecule is CCc1cc(C)cc(-n2cnc3ccccc32)n1. The van der Waals surface area contributed by atoms with Gasteiger partial charge in [-0.3, -0.25) is 4.57 Å². The third-order valence-electron chi connectivity index (χ3n) is 3.07. The first-order chi connectivity index (χ1) is 8.78. The van der Waals surface area contributed by atoms with Crippen molar-refractivity contribution >= 4 is 11.0 Å². The van der Waals surface area contributed by atoms with Crippen LogP contribution in [0.4, 0.5) is 0 Å². The van der Waals surface area contributed by atoms with Gasteiger partial charge in [-0.25, -0.2) is 9.97 Å². The van der Waals surface area contributed by atoms with Crippen LogP contribution in [-0.2, 0) is 6.42 Å². The molecule has 3 aromatic rings. The lowest BCUT2D eigenvalue weighted by molar-refractivity contribution is 0.952. The zero-order chi connectivity index (χ0) is 12.5. The Kier molecular flexibility index (Phi) is 2.59. The summed E-state index contributed by atoms with van der Waals surface area (Å²) >= 11 is 0. The molecule has 0 aliphatic carbocycles. The molecule has 0 spiro atoms. The number of nitrogens with zero attached hydrogens (tertiary/aromatic N) is 3. The normalized spacial score (nSPS) is 11.0. The molecule has 1 aromatic carbocycles. The molecule has 0 N–H and O–H groups in total. The average Bonchev–Trinajstić information content (AvgIpc) is 2.81. The molecule has 0 aliphatic heterocycles. The highest BCUT2D eigenvalue weighted by Crippen LogP contribution is 2.18. The topological polar surface area (TPSA) is 30.7 Å². The number of aryl methyl sites for hydroxylation is 2. The van der Waals surface area contributed by atoms with Gasteiger partial charge in [0.1, 0.15) is 12.1 Å². The smallest absolute Gasteiger partial charge is 0.138 e. The van der Waals surface area contributed by atoms with Crippen molar-refractivity contribution in [2.24, 2.45) is 0 Å². The third kappa shape index (κ3) is 1.78. The van der Waals surface area contributed by atoms with Crippen LogP contribution in [0.1, 0.15) is 18.2 Å². The average molecular weight is 237 g/mol. The minimum atomic E-state index is 0.945. The Morgan fingerprint density at radius 3 is 2.83 bits per heavy atom. The maximum Gasteiger partial charge on any atom is 0.138 e. The van der Waals surface area contributed by atoms with Crippen molar-refractivity contribution in [3.05, 3.63) is 54.0 Å². The summed E-state index contributed by atoms with van der Waals surface area (Å²) in [6, 6.07) is 12.3. The van der Waals surface area contributed by atoms with Gasteiger partial charge >= 0.3 is 0 Å². The summed E-state index contributed by atoms with van der Waals surface area (Å²) in [6.07, 6.45) is 2.78. The van der Waals surface area contributed by atoms with Gasteiger partial charge in [-0.1, -0.05) is 19.1 Å². The van der Waals surface area contributed by atoms with Gasteiger partial charge < -0.3 is 0 Å². The molecule has 3 nitrogen and oxygen atoms in total. The van der Waals surface area contributed by atoms with Crippen molar-refractivity contribution in [3.63, 3.8) is 0 Å². The van der Waals surface area contributed by atoms with E-state index in [0.29, 0.717) is 0 Å². The van der Waals surface area contributed by atoms with Crippen molar-refractivity contribution in [1.29, 1.82) is 0 Å². The second-order valence-electron chi connectivity index (χ2n) is 4.45. The molecule has 0 radical (unpaired) electrons. The van der Waals surface area contributed by atoms with Crippen LogP contribution in [0.3, 0.4) is 0 Å². The van der Waals surface area contributed by atoms with E-state index >= 15 is 0 Å². The highest BCUT2D eigenvalue weighted by molar-refractivity contribution is 5.76. The summed E-state index contributed by atoms with van der Waals surface area (Å²) in [7, 11) is 0. The molecule has 0 saturated heterocycles.